The van der Waals surface area contributed by atoms with E-state index in [4.69, 9.17) is 0 Å². The highest BCUT2D eigenvalue weighted by atomic mass is 16.3. The SMILES string of the molecule is C=NC(=N/C=C(\C)c1cc(NC[C@@H](C)c2cccc3c(C(=O)NC)ccnc23)ncn1)N1CCCC(O)C1. The topological polar surface area (TPSA) is 128 Å². The van der Waals surface area contributed by atoms with Gasteiger partial charge in [-0.15, -0.1) is 0 Å². The number of carbonyl (C=O) groups excluding carboxylic acids is 1. The minimum absolute atomic E-state index is 0.104. The maximum atomic E-state index is 12.3. The van der Waals surface area contributed by atoms with Gasteiger partial charge in [0.15, 0.2) is 0 Å². The Balaban J connectivity index is 1.47. The van der Waals surface area contributed by atoms with Crippen molar-refractivity contribution >= 4 is 40.9 Å². The molecule has 2 atom stereocenters. The zero-order valence-electron chi connectivity index (χ0n) is 22.1. The fourth-order valence-corrected chi connectivity index (χ4v) is 4.55. The lowest BCUT2D eigenvalue weighted by atomic mass is 9.96. The normalized spacial score (nSPS) is 17.3. The van der Waals surface area contributed by atoms with Crippen molar-refractivity contribution in [2.75, 3.05) is 32.0 Å². The maximum absolute atomic E-state index is 12.3. The Morgan fingerprint density at radius 2 is 2.16 bits per heavy atom. The fourth-order valence-electron chi connectivity index (χ4n) is 4.55. The number of aliphatic imine (C=N–C) groups is 2. The number of aliphatic hydroxyl groups excluding tert-OH is 1. The number of pyridine rings is 1. The molecule has 198 valence electrons. The van der Waals surface area contributed by atoms with Gasteiger partial charge in [-0.3, -0.25) is 9.78 Å². The van der Waals surface area contributed by atoms with Gasteiger partial charge in [0.25, 0.3) is 5.91 Å². The Morgan fingerprint density at radius 3 is 2.92 bits per heavy atom. The number of amides is 1. The highest BCUT2D eigenvalue weighted by Crippen LogP contribution is 2.26. The quantitative estimate of drug-likeness (QED) is 0.325. The van der Waals surface area contributed by atoms with Gasteiger partial charge in [-0.1, -0.05) is 25.1 Å². The lowest BCUT2D eigenvalue weighted by Gasteiger charge is -2.30. The number of anilines is 1. The number of nitrogens with zero attached hydrogens (tertiary/aromatic N) is 6. The number of carbonyl (C=O) groups is 1. The molecule has 0 radical (unpaired) electrons. The van der Waals surface area contributed by atoms with Gasteiger partial charge in [0.1, 0.15) is 12.1 Å². The molecule has 1 aliphatic rings. The van der Waals surface area contributed by atoms with E-state index in [1.807, 2.05) is 36.1 Å². The first-order chi connectivity index (χ1) is 18.4. The van der Waals surface area contributed by atoms with Gasteiger partial charge < -0.3 is 20.6 Å². The number of para-hydroxylation sites is 1. The second kappa shape index (κ2) is 12.4. The minimum Gasteiger partial charge on any atom is -0.391 e. The Kier molecular flexibility index (Phi) is 8.75. The van der Waals surface area contributed by atoms with Crippen LogP contribution in [-0.2, 0) is 0 Å². The summed E-state index contributed by atoms with van der Waals surface area (Å²) in [5.74, 6) is 1.16. The van der Waals surface area contributed by atoms with E-state index in [0.717, 1.165) is 47.1 Å². The lowest BCUT2D eigenvalue weighted by molar-refractivity contribution is 0.0964. The molecule has 1 fully saturated rings. The summed E-state index contributed by atoms with van der Waals surface area (Å²) >= 11 is 0. The molecule has 1 saturated heterocycles. The highest BCUT2D eigenvalue weighted by Gasteiger charge is 2.20. The molecule has 0 bridgehead atoms. The van der Waals surface area contributed by atoms with E-state index in [9.17, 15) is 9.90 Å². The first kappa shape index (κ1) is 26.9. The number of likely N-dealkylation sites (tertiary alicyclic amines) is 1. The van der Waals surface area contributed by atoms with Crippen LogP contribution < -0.4 is 10.6 Å². The summed E-state index contributed by atoms with van der Waals surface area (Å²) in [7, 11) is 1.62. The summed E-state index contributed by atoms with van der Waals surface area (Å²) in [6, 6.07) is 9.53. The first-order valence-electron chi connectivity index (χ1n) is 12.7. The molecule has 1 unspecified atom stereocenters. The zero-order chi connectivity index (χ0) is 27.1. The summed E-state index contributed by atoms with van der Waals surface area (Å²) in [5.41, 5.74) is 4.06. The molecule has 3 aromatic rings. The van der Waals surface area contributed by atoms with Crippen LogP contribution in [0.1, 0.15) is 54.2 Å². The number of aliphatic hydroxyl groups is 1. The van der Waals surface area contributed by atoms with Crippen LogP contribution in [0, 0.1) is 0 Å². The molecule has 10 nitrogen and oxygen atoms in total. The summed E-state index contributed by atoms with van der Waals surface area (Å²) in [6.07, 6.45) is 6.21. The molecular formula is C28H34N8O2. The smallest absolute Gasteiger partial charge is 0.251 e. The lowest BCUT2D eigenvalue weighted by Crippen LogP contribution is -2.41. The summed E-state index contributed by atoms with van der Waals surface area (Å²) in [6.45, 7) is 9.58. The third-order valence-electron chi connectivity index (χ3n) is 6.66. The molecule has 3 N–H and O–H groups in total. The van der Waals surface area contributed by atoms with Crippen molar-refractivity contribution in [1.82, 2.24) is 25.2 Å². The van der Waals surface area contributed by atoms with Crippen LogP contribution in [0.3, 0.4) is 0 Å². The average Bonchev–Trinajstić information content (AvgIpc) is 2.95. The Hall–Kier alpha value is -4.18. The van der Waals surface area contributed by atoms with Crippen molar-refractivity contribution in [1.29, 1.82) is 0 Å². The number of hydrogen-bond acceptors (Lipinski definition) is 7. The largest absolute Gasteiger partial charge is 0.391 e. The molecule has 4 rings (SSSR count). The van der Waals surface area contributed by atoms with Crippen LogP contribution >= 0.6 is 0 Å². The van der Waals surface area contributed by atoms with Crippen LogP contribution in [-0.4, -0.2) is 76.3 Å². The molecule has 1 aliphatic heterocycles. The van der Waals surface area contributed by atoms with E-state index in [1.165, 1.54) is 6.33 Å². The van der Waals surface area contributed by atoms with E-state index >= 15 is 0 Å². The molecule has 38 heavy (non-hydrogen) atoms. The van der Waals surface area contributed by atoms with Crippen LogP contribution in [0.2, 0.25) is 0 Å². The predicted molar refractivity (Wildman–Crippen MR) is 152 cm³/mol. The predicted octanol–water partition coefficient (Wildman–Crippen LogP) is 3.47. The van der Waals surface area contributed by atoms with Crippen LogP contribution in [0.25, 0.3) is 16.5 Å². The third kappa shape index (κ3) is 6.20. The Morgan fingerprint density at radius 1 is 1.32 bits per heavy atom. The second-order valence-electron chi connectivity index (χ2n) is 9.39. The average molecular weight is 515 g/mol. The molecule has 10 heteroatoms. The van der Waals surface area contributed by atoms with Crippen molar-refractivity contribution in [2.45, 2.75) is 38.7 Å². The van der Waals surface area contributed by atoms with E-state index in [2.05, 4.69) is 49.2 Å². The van der Waals surface area contributed by atoms with E-state index in [-0.39, 0.29) is 17.9 Å². The van der Waals surface area contributed by atoms with Crippen molar-refractivity contribution in [3.8, 4) is 0 Å². The van der Waals surface area contributed by atoms with E-state index in [0.29, 0.717) is 30.4 Å². The maximum Gasteiger partial charge on any atom is 0.251 e. The standard InChI is InChI=1S/C28H34N8O2/c1-18(21-8-5-9-22-23(27(38)29-3)10-11-31-26(21)22)14-32-25-13-24(34-17-35-25)19(2)15-33-28(30-4)36-12-6-7-20(37)16-36/h5,8-11,13,15,17-18,20,37H,4,6-7,12,14,16H2,1-3H3,(H,29,38)(H,32,34,35)/b19-15+,33-28?/t18-,20?/m1/s1. The number of nitrogens with one attached hydrogen (secondary N) is 2. The van der Waals surface area contributed by atoms with Crippen molar-refractivity contribution in [2.24, 2.45) is 9.98 Å². The van der Waals surface area contributed by atoms with Crippen molar-refractivity contribution < 1.29 is 9.90 Å². The van der Waals surface area contributed by atoms with Gasteiger partial charge in [0.05, 0.1) is 22.9 Å². The van der Waals surface area contributed by atoms with Crippen LogP contribution in [0.15, 0.2) is 59.0 Å². The number of aromatic nitrogens is 3. The van der Waals surface area contributed by atoms with Gasteiger partial charge in [-0.05, 0) is 43.7 Å². The Bertz CT molecular complexity index is 1370. The number of benzene rings is 1. The van der Waals surface area contributed by atoms with Crippen LogP contribution in [0.5, 0.6) is 0 Å². The zero-order valence-corrected chi connectivity index (χ0v) is 22.1. The minimum atomic E-state index is -0.374. The van der Waals surface area contributed by atoms with Gasteiger partial charge in [0, 0.05) is 56.4 Å². The molecule has 0 saturated carbocycles. The van der Waals surface area contributed by atoms with Gasteiger partial charge in [0.2, 0.25) is 5.96 Å². The molecule has 2 aromatic heterocycles. The van der Waals surface area contributed by atoms with Gasteiger partial charge in [-0.2, -0.15) is 0 Å². The number of fused-ring (bicyclic) bond motifs is 1. The molecule has 3 heterocycles. The number of β-amino-alcohol motifs (C(OH)–C–C–N with tert-alkyl or cyclic N) is 1. The molecular weight excluding hydrogens is 480 g/mol. The second-order valence-corrected chi connectivity index (χ2v) is 9.39. The summed E-state index contributed by atoms with van der Waals surface area (Å²) in [4.78, 5) is 36.1. The molecule has 1 amide bonds. The fraction of sp³-hybridized carbons (Fsp3) is 0.357. The number of rotatable bonds is 7. The first-order valence-corrected chi connectivity index (χ1v) is 12.7. The monoisotopic (exact) mass is 514 g/mol. The number of piperidine rings is 1. The van der Waals surface area contributed by atoms with E-state index < -0.39 is 0 Å². The highest BCUT2D eigenvalue weighted by molar-refractivity contribution is 6.06. The number of hydrogen-bond donors (Lipinski definition) is 3. The van der Waals surface area contributed by atoms with Gasteiger partial charge in [-0.25, -0.2) is 20.0 Å². The third-order valence-corrected chi connectivity index (χ3v) is 6.66. The number of guanidine groups is 1. The summed E-state index contributed by atoms with van der Waals surface area (Å²) < 4.78 is 0. The van der Waals surface area contributed by atoms with Gasteiger partial charge >= 0.3 is 0 Å². The molecule has 1 aromatic carbocycles. The molecule has 0 spiro atoms. The van der Waals surface area contributed by atoms with Crippen LogP contribution in [0.4, 0.5) is 5.82 Å². The molecule has 0 aliphatic carbocycles. The van der Waals surface area contributed by atoms with Crippen molar-refractivity contribution in [3.63, 3.8) is 0 Å². The number of allylic oxidation sites excluding steroid dienone is 1. The Labute approximate surface area is 222 Å². The van der Waals surface area contributed by atoms with E-state index in [1.54, 1.807) is 25.5 Å². The van der Waals surface area contributed by atoms with Crippen molar-refractivity contribution in [3.05, 3.63) is 65.9 Å². The summed E-state index contributed by atoms with van der Waals surface area (Å²) in [5, 5.41) is 16.9.